The van der Waals surface area contributed by atoms with Crippen LogP contribution in [0.2, 0.25) is 0 Å². The van der Waals surface area contributed by atoms with Gasteiger partial charge in [0.25, 0.3) is 0 Å². The third kappa shape index (κ3) is 45.5. The number of unbranched alkanes of at least 4 members (excludes halogenated alkanes) is 37. The molecule has 0 N–H and O–H groups in total. The van der Waals surface area contributed by atoms with Crippen molar-refractivity contribution < 1.29 is 28.6 Å². The van der Waals surface area contributed by atoms with Crippen LogP contribution in [-0.4, -0.2) is 37.2 Å². The van der Waals surface area contributed by atoms with Gasteiger partial charge in [0.15, 0.2) is 6.10 Å². The summed E-state index contributed by atoms with van der Waals surface area (Å²) in [6.07, 6.45) is 50.9. The first-order chi connectivity index (χ1) is 28.5. The zero-order valence-corrected chi connectivity index (χ0v) is 39.3. The van der Waals surface area contributed by atoms with Crippen molar-refractivity contribution >= 4 is 17.9 Å². The molecule has 0 aliphatic carbocycles. The predicted molar refractivity (Wildman–Crippen MR) is 247 cm³/mol. The predicted octanol–water partition coefficient (Wildman–Crippen LogP) is 16.8. The van der Waals surface area contributed by atoms with Gasteiger partial charge in [0.2, 0.25) is 0 Å². The van der Waals surface area contributed by atoms with E-state index < -0.39 is 6.10 Å². The molecule has 58 heavy (non-hydrogen) atoms. The molecule has 0 aromatic carbocycles. The van der Waals surface area contributed by atoms with Gasteiger partial charge in [0.05, 0.1) is 0 Å². The molecule has 0 aliphatic heterocycles. The molecule has 6 nitrogen and oxygen atoms in total. The minimum Gasteiger partial charge on any atom is -0.462 e. The van der Waals surface area contributed by atoms with Gasteiger partial charge in [-0.3, -0.25) is 14.4 Å². The number of hydrogen-bond donors (Lipinski definition) is 0. The van der Waals surface area contributed by atoms with E-state index in [1.54, 1.807) is 0 Å². The molecule has 6 heteroatoms. The summed E-state index contributed by atoms with van der Waals surface area (Å²) < 4.78 is 16.8. The summed E-state index contributed by atoms with van der Waals surface area (Å²) in [4.78, 5) is 37.8. The zero-order valence-electron chi connectivity index (χ0n) is 39.3. The van der Waals surface area contributed by atoms with Crippen LogP contribution in [0.3, 0.4) is 0 Å². The minimum atomic E-state index is -0.759. The van der Waals surface area contributed by atoms with Gasteiger partial charge in [-0.2, -0.15) is 0 Å². The van der Waals surface area contributed by atoms with Crippen molar-refractivity contribution in [3.63, 3.8) is 0 Å². The first-order valence-corrected chi connectivity index (χ1v) is 26.0. The average Bonchev–Trinajstić information content (AvgIpc) is 3.22. The van der Waals surface area contributed by atoms with Crippen LogP contribution in [0.15, 0.2) is 0 Å². The summed E-state index contributed by atoms with van der Waals surface area (Å²) in [7, 11) is 0. The number of hydrogen-bond acceptors (Lipinski definition) is 6. The van der Waals surface area contributed by atoms with Crippen molar-refractivity contribution in [2.24, 2.45) is 0 Å². The molecule has 0 saturated carbocycles. The normalized spacial score (nSPS) is 11.8. The molecule has 1 atom stereocenters. The molecule has 0 aromatic heterocycles. The lowest BCUT2D eigenvalue weighted by Crippen LogP contribution is -2.30. The molecule has 344 valence electrons. The Morgan fingerprint density at radius 3 is 0.690 bits per heavy atom. The van der Waals surface area contributed by atoms with Gasteiger partial charge in [-0.05, 0) is 19.3 Å². The van der Waals surface area contributed by atoms with E-state index in [1.807, 2.05) is 0 Å². The Hall–Kier alpha value is -1.59. The minimum absolute atomic E-state index is 0.0622. The highest BCUT2D eigenvalue weighted by molar-refractivity contribution is 5.71. The van der Waals surface area contributed by atoms with E-state index in [1.165, 1.54) is 199 Å². The maximum Gasteiger partial charge on any atom is 0.306 e. The van der Waals surface area contributed by atoms with E-state index in [2.05, 4.69) is 20.8 Å². The van der Waals surface area contributed by atoms with Crippen LogP contribution in [-0.2, 0) is 28.6 Å². The zero-order chi connectivity index (χ0) is 42.3. The molecule has 0 aliphatic rings. The SMILES string of the molecule is CCCCCCCCCCCCCCCCCCCCCC(=O)O[C@@H](COC(=O)CCCCCCCCCCC)COC(=O)CCCCCCCCCCCCCC. The van der Waals surface area contributed by atoms with Crippen LogP contribution < -0.4 is 0 Å². The second-order valence-corrected chi connectivity index (χ2v) is 17.8. The summed E-state index contributed by atoms with van der Waals surface area (Å²) in [5, 5.41) is 0. The Bertz CT molecular complexity index is 859. The molecule has 0 fully saturated rings. The maximum atomic E-state index is 12.8. The third-order valence-corrected chi connectivity index (χ3v) is 11.9. The van der Waals surface area contributed by atoms with Crippen LogP contribution in [0, 0.1) is 0 Å². The Kier molecular flexibility index (Phi) is 46.8. The van der Waals surface area contributed by atoms with E-state index >= 15 is 0 Å². The Morgan fingerprint density at radius 2 is 0.466 bits per heavy atom. The molecule has 0 heterocycles. The summed E-state index contributed by atoms with van der Waals surface area (Å²) in [6, 6.07) is 0. The van der Waals surface area contributed by atoms with Gasteiger partial charge >= 0.3 is 17.9 Å². The van der Waals surface area contributed by atoms with E-state index in [0.717, 1.165) is 57.8 Å². The van der Waals surface area contributed by atoms with Gasteiger partial charge in [-0.1, -0.05) is 258 Å². The first-order valence-electron chi connectivity index (χ1n) is 26.0. The quantitative estimate of drug-likeness (QED) is 0.0346. The smallest absolute Gasteiger partial charge is 0.306 e. The maximum absolute atomic E-state index is 12.8. The molecule has 0 spiro atoms. The lowest BCUT2D eigenvalue weighted by Gasteiger charge is -2.18. The molecule has 0 amide bonds. The largest absolute Gasteiger partial charge is 0.462 e. The van der Waals surface area contributed by atoms with E-state index in [9.17, 15) is 14.4 Å². The van der Waals surface area contributed by atoms with Crippen LogP contribution in [0.1, 0.15) is 297 Å². The number of rotatable bonds is 48. The summed E-state index contributed by atoms with van der Waals surface area (Å²) in [5.41, 5.74) is 0. The molecule has 0 rings (SSSR count). The van der Waals surface area contributed by atoms with Crippen molar-refractivity contribution in [1.82, 2.24) is 0 Å². The number of carbonyl (C=O) groups excluding carboxylic acids is 3. The van der Waals surface area contributed by atoms with Crippen LogP contribution in [0.5, 0.6) is 0 Å². The van der Waals surface area contributed by atoms with Crippen molar-refractivity contribution in [2.75, 3.05) is 13.2 Å². The fourth-order valence-corrected chi connectivity index (χ4v) is 7.92. The second kappa shape index (κ2) is 48.1. The lowest BCUT2D eigenvalue weighted by molar-refractivity contribution is -0.167. The fraction of sp³-hybridized carbons (Fsp3) is 0.942. The lowest BCUT2D eigenvalue weighted by atomic mass is 10.0. The monoisotopic (exact) mass is 821 g/mol. The Labute approximate surface area is 361 Å². The molecular weight excluding hydrogens is 721 g/mol. The second-order valence-electron chi connectivity index (χ2n) is 17.8. The standard InChI is InChI=1S/C52H100O6/c1-4-7-10-13-16-19-21-23-24-25-26-27-28-29-31-34-37-40-43-46-52(55)58-49(47-56-50(53)44-41-38-35-32-18-15-12-9-6-3)48-57-51(54)45-42-39-36-33-30-22-20-17-14-11-8-5-2/h49H,4-48H2,1-3H3/t49-/m0/s1. The summed E-state index contributed by atoms with van der Waals surface area (Å²) >= 11 is 0. The Balaban J connectivity index is 4.22. The van der Waals surface area contributed by atoms with Gasteiger partial charge < -0.3 is 14.2 Å². The van der Waals surface area contributed by atoms with Crippen LogP contribution in [0.4, 0.5) is 0 Å². The van der Waals surface area contributed by atoms with Crippen molar-refractivity contribution in [3.05, 3.63) is 0 Å². The number of carbonyl (C=O) groups is 3. The van der Waals surface area contributed by atoms with Gasteiger partial charge in [0.1, 0.15) is 13.2 Å². The highest BCUT2D eigenvalue weighted by atomic mass is 16.6. The topological polar surface area (TPSA) is 78.9 Å². The summed E-state index contributed by atoms with van der Waals surface area (Å²) in [5.74, 6) is -0.845. The van der Waals surface area contributed by atoms with E-state index in [-0.39, 0.29) is 31.1 Å². The third-order valence-electron chi connectivity index (χ3n) is 11.9. The summed E-state index contributed by atoms with van der Waals surface area (Å²) in [6.45, 7) is 6.66. The fourth-order valence-electron chi connectivity index (χ4n) is 7.92. The molecule has 0 unspecified atom stereocenters. The Morgan fingerprint density at radius 1 is 0.276 bits per heavy atom. The first kappa shape index (κ1) is 56.4. The number of esters is 3. The highest BCUT2D eigenvalue weighted by Gasteiger charge is 2.19. The molecule has 0 saturated heterocycles. The van der Waals surface area contributed by atoms with Gasteiger partial charge in [-0.25, -0.2) is 0 Å². The highest BCUT2D eigenvalue weighted by Crippen LogP contribution is 2.17. The molecule has 0 bridgehead atoms. The average molecular weight is 821 g/mol. The molecular formula is C52H100O6. The van der Waals surface area contributed by atoms with E-state index in [4.69, 9.17) is 14.2 Å². The van der Waals surface area contributed by atoms with Gasteiger partial charge in [-0.15, -0.1) is 0 Å². The van der Waals surface area contributed by atoms with Crippen molar-refractivity contribution in [2.45, 2.75) is 303 Å². The van der Waals surface area contributed by atoms with E-state index in [0.29, 0.717) is 19.3 Å². The number of ether oxygens (including phenoxy) is 3. The van der Waals surface area contributed by atoms with Crippen LogP contribution in [0.25, 0.3) is 0 Å². The van der Waals surface area contributed by atoms with Gasteiger partial charge in [0, 0.05) is 19.3 Å². The van der Waals surface area contributed by atoms with Crippen LogP contribution >= 0.6 is 0 Å². The van der Waals surface area contributed by atoms with Crippen molar-refractivity contribution in [1.29, 1.82) is 0 Å². The van der Waals surface area contributed by atoms with Crippen molar-refractivity contribution in [3.8, 4) is 0 Å². The molecule has 0 aromatic rings. The molecule has 0 radical (unpaired) electrons.